The molecular formula is C20H22F3NO2. The van der Waals surface area contributed by atoms with Gasteiger partial charge in [-0.2, -0.15) is 0 Å². The van der Waals surface area contributed by atoms with Gasteiger partial charge < -0.3 is 9.47 Å². The maximum atomic E-state index is 12.5. The lowest BCUT2D eigenvalue weighted by Gasteiger charge is -2.36. The third-order valence-electron chi connectivity index (χ3n) is 4.66. The second-order valence-electron chi connectivity index (χ2n) is 6.41. The molecule has 0 aliphatic carbocycles. The molecular weight excluding hydrogens is 343 g/mol. The number of nitrogens with zero attached hydrogens (tertiary/aromatic N) is 1. The molecule has 3 nitrogen and oxygen atoms in total. The van der Waals surface area contributed by atoms with Crippen molar-refractivity contribution in [2.75, 3.05) is 13.7 Å². The molecule has 0 bridgehead atoms. The minimum absolute atomic E-state index is 0.221. The van der Waals surface area contributed by atoms with Gasteiger partial charge >= 0.3 is 6.36 Å². The fourth-order valence-corrected chi connectivity index (χ4v) is 3.53. The molecule has 1 heterocycles. The maximum absolute atomic E-state index is 12.5. The lowest BCUT2D eigenvalue weighted by Crippen LogP contribution is -2.33. The third kappa shape index (κ3) is 4.69. The number of benzene rings is 2. The Morgan fingerprint density at radius 2 is 1.85 bits per heavy atom. The molecule has 1 atom stereocenters. The van der Waals surface area contributed by atoms with Crippen molar-refractivity contribution in [2.45, 2.75) is 38.2 Å². The Morgan fingerprint density at radius 3 is 2.54 bits per heavy atom. The molecule has 0 N–H and O–H groups in total. The second kappa shape index (κ2) is 7.99. The standard InChI is InChI=1S/C20H22F3NO2/c1-25-19-11-10-17(26-20(21,22)23)13-16(19)14-24-12-6-5-9-18(24)15-7-3-2-4-8-15/h2-4,7-8,10-11,13,18H,5-6,9,12,14H2,1H3. The summed E-state index contributed by atoms with van der Waals surface area (Å²) < 4.78 is 47.0. The molecule has 2 aromatic rings. The lowest BCUT2D eigenvalue weighted by atomic mass is 9.94. The van der Waals surface area contributed by atoms with Gasteiger partial charge in [0, 0.05) is 18.2 Å². The predicted molar refractivity (Wildman–Crippen MR) is 93.1 cm³/mol. The Kier molecular flexibility index (Phi) is 5.71. The molecule has 1 saturated heterocycles. The van der Waals surface area contributed by atoms with Gasteiger partial charge in [-0.25, -0.2) is 0 Å². The molecule has 0 radical (unpaired) electrons. The van der Waals surface area contributed by atoms with Crippen LogP contribution < -0.4 is 9.47 Å². The zero-order valence-electron chi connectivity index (χ0n) is 14.6. The van der Waals surface area contributed by atoms with E-state index in [4.69, 9.17) is 4.74 Å². The SMILES string of the molecule is COc1ccc(OC(F)(F)F)cc1CN1CCCCC1c1ccccc1. The second-order valence-corrected chi connectivity index (χ2v) is 6.41. The monoisotopic (exact) mass is 365 g/mol. The van der Waals surface area contributed by atoms with Crippen molar-refractivity contribution in [3.63, 3.8) is 0 Å². The van der Waals surface area contributed by atoms with E-state index in [1.54, 1.807) is 0 Å². The van der Waals surface area contributed by atoms with Gasteiger partial charge in [0.15, 0.2) is 0 Å². The molecule has 6 heteroatoms. The van der Waals surface area contributed by atoms with E-state index in [1.807, 2.05) is 18.2 Å². The van der Waals surface area contributed by atoms with Crippen molar-refractivity contribution >= 4 is 0 Å². The number of likely N-dealkylation sites (tertiary alicyclic amines) is 1. The van der Waals surface area contributed by atoms with Crippen molar-refractivity contribution in [2.24, 2.45) is 0 Å². The predicted octanol–water partition coefficient (Wildman–Crippen LogP) is 5.32. The highest BCUT2D eigenvalue weighted by molar-refractivity contribution is 5.40. The largest absolute Gasteiger partial charge is 0.573 e. The van der Waals surface area contributed by atoms with E-state index in [9.17, 15) is 13.2 Å². The zero-order valence-corrected chi connectivity index (χ0v) is 14.6. The van der Waals surface area contributed by atoms with Crippen LogP contribution in [-0.2, 0) is 6.54 Å². The van der Waals surface area contributed by atoms with Crippen LogP contribution in [0.4, 0.5) is 13.2 Å². The molecule has 2 aromatic carbocycles. The number of ether oxygens (including phenoxy) is 2. The summed E-state index contributed by atoms with van der Waals surface area (Å²) in [4.78, 5) is 2.30. The van der Waals surface area contributed by atoms with Gasteiger partial charge in [-0.05, 0) is 43.1 Å². The number of halogens is 3. The molecule has 1 fully saturated rings. The summed E-state index contributed by atoms with van der Waals surface area (Å²) >= 11 is 0. The molecule has 0 amide bonds. The van der Waals surface area contributed by atoms with Crippen LogP contribution in [0.25, 0.3) is 0 Å². The topological polar surface area (TPSA) is 21.7 Å². The number of methoxy groups -OCH3 is 1. The third-order valence-corrected chi connectivity index (χ3v) is 4.66. The number of rotatable bonds is 5. The molecule has 1 aliphatic heterocycles. The average molecular weight is 365 g/mol. The summed E-state index contributed by atoms with van der Waals surface area (Å²) in [6, 6.07) is 14.7. The first-order valence-corrected chi connectivity index (χ1v) is 8.68. The van der Waals surface area contributed by atoms with Gasteiger partial charge in [-0.1, -0.05) is 36.8 Å². The summed E-state index contributed by atoms with van der Waals surface area (Å²) in [6.45, 7) is 1.41. The highest BCUT2D eigenvalue weighted by Crippen LogP contribution is 2.35. The fourth-order valence-electron chi connectivity index (χ4n) is 3.53. The molecule has 1 unspecified atom stereocenters. The Labute approximate surface area is 151 Å². The van der Waals surface area contributed by atoms with Crippen LogP contribution in [0.2, 0.25) is 0 Å². The number of hydrogen-bond donors (Lipinski definition) is 0. The van der Waals surface area contributed by atoms with Crippen LogP contribution >= 0.6 is 0 Å². The number of piperidine rings is 1. The van der Waals surface area contributed by atoms with Crippen LogP contribution in [0, 0.1) is 0 Å². The lowest BCUT2D eigenvalue weighted by molar-refractivity contribution is -0.274. The fraction of sp³-hybridized carbons (Fsp3) is 0.400. The Hall–Kier alpha value is -2.21. The van der Waals surface area contributed by atoms with E-state index in [2.05, 4.69) is 21.8 Å². The molecule has 0 saturated carbocycles. The molecule has 140 valence electrons. The first-order valence-electron chi connectivity index (χ1n) is 8.68. The van der Waals surface area contributed by atoms with Crippen LogP contribution in [-0.4, -0.2) is 24.9 Å². The summed E-state index contributed by atoms with van der Waals surface area (Å²) in [5.74, 6) is 0.346. The minimum Gasteiger partial charge on any atom is -0.496 e. The smallest absolute Gasteiger partial charge is 0.496 e. The highest BCUT2D eigenvalue weighted by Gasteiger charge is 2.31. The molecule has 26 heavy (non-hydrogen) atoms. The van der Waals surface area contributed by atoms with Crippen molar-refractivity contribution in [1.82, 2.24) is 4.90 Å². The summed E-state index contributed by atoms with van der Waals surface area (Å²) in [5.41, 5.74) is 1.92. The Morgan fingerprint density at radius 1 is 1.08 bits per heavy atom. The van der Waals surface area contributed by atoms with Crippen molar-refractivity contribution in [3.8, 4) is 11.5 Å². The van der Waals surface area contributed by atoms with Gasteiger partial charge in [-0.15, -0.1) is 13.2 Å². The van der Waals surface area contributed by atoms with E-state index < -0.39 is 6.36 Å². The van der Waals surface area contributed by atoms with Gasteiger partial charge in [0.05, 0.1) is 7.11 Å². The van der Waals surface area contributed by atoms with E-state index in [1.165, 1.54) is 30.9 Å². The molecule has 3 rings (SSSR count). The van der Waals surface area contributed by atoms with E-state index in [-0.39, 0.29) is 11.8 Å². The zero-order chi connectivity index (χ0) is 18.6. The van der Waals surface area contributed by atoms with Gasteiger partial charge in [-0.3, -0.25) is 4.90 Å². The van der Waals surface area contributed by atoms with Crippen LogP contribution in [0.5, 0.6) is 11.5 Å². The van der Waals surface area contributed by atoms with Gasteiger partial charge in [0.2, 0.25) is 0 Å². The normalized spacial score (nSPS) is 18.5. The molecule has 1 aliphatic rings. The molecule has 0 spiro atoms. The van der Waals surface area contributed by atoms with Gasteiger partial charge in [0.1, 0.15) is 11.5 Å². The van der Waals surface area contributed by atoms with E-state index in [0.717, 1.165) is 25.8 Å². The summed E-state index contributed by atoms with van der Waals surface area (Å²) in [6.07, 6.45) is -1.45. The van der Waals surface area contributed by atoms with Crippen LogP contribution in [0.1, 0.15) is 36.4 Å². The Balaban J connectivity index is 1.84. The van der Waals surface area contributed by atoms with Crippen LogP contribution in [0.3, 0.4) is 0 Å². The van der Waals surface area contributed by atoms with E-state index >= 15 is 0 Å². The van der Waals surface area contributed by atoms with Crippen molar-refractivity contribution in [3.05, 3.63) is 59.7 Å². The maximum Gasteiger partial charge on any atom is 0.573 e. The minimum atomic E-state index is -4.70. The quantitative estimate of drug-likeness (QED) is 0.716. The summed E-state index contributed by atoms with van der Waals surface area (Å²) in [5, 5.41) is 0. The Bertz CT molecular complexity index is 719. The summed E-state index contributed by atoms with van der Waals surface area (Å²) in [7, 11) is 1.52. The van der Waals surface area contributed by atoms with Crippen molar-refractivity contribution < 1.29 is 22.6 Å². The van der Waals surface area contributed by atoms with Gasteiger partial charge in [0.25, 0.3) is 0 Å². The average Bonchev–Trinajstić information content (AvgIpc) is 2.62. The first-order chi connectivity index (χ1) is 12.5. The van der Waals surface area contributed by atoms with Crippen LogP contribution in [0.15, 0.2) is 48.5 Å². The van der Waals surface area contributed by atoms with E-state index in [0.29, 0.717) is 17.9 Å². The number of hydrogen-bond acceptors (Lipinski definition) is 3. The number of alkyl halides is 3. The first kappa shape index (κ1) is 18.6. The highest BCUT2D eigenvalue weighted by atomic mass is 19.4. The molecule has 0 aromatic heterocycles. The van der Waals surface area contributed by atoms with Crippen molar-refractivity contribution in [1.29, 1.82) is 0 Å².